The van der Waals surface area contributed by atoms with Crippen LogP contribution in [0.15, 0.2) is 29.1 Å². The molecule has 1 aliphatic carbocycles. The van der Waals surface area contributed by atoms with Gasteiger partial charge in [0.15, 0.2) is 5.69 Å². The van der Waals surface area contributed by atoms with Crippen molar-refractivity contribution in [3.8, 4) is 5.75 Å². The lowest BCUT2D eigenvalue weighted by Crippen LogP contribution is -2.46. The van der Waals surface area contributed by atoms with Crippen LogP contribution in [-0.4, -0.2) is 27.0 Å². The topological polar surface area (TPSA) is 113 Å². The molecule has 1 fully saturated rings. The predicted octanol–water partition coefficient (Wildman–Crippen LogP) is 1.68. The first-order chi connectivity index (χ1) is 13.9. The van der Waals surface area contributed by atoms with Crippen LogP contribution in [0.1, 0.15) is 47.6 Å². The lowest BCUT2D eigenvalue weighted by molar-refractivity contribution is -0.111. The van der Waals surface area contributed by atoms with Gasteiger partial charge in [0, 0.05) is 18.1 Å². The number of hydrogen-bond acceptors (Lipinski definition) is 5. The smallest absolute Gasteiger partial charge is 0.296 e. The highest BCUT2D eigenvalue weighted by Crippen LogP contribution is 2.42. The zero-order valence-corrected chi connectivity index (χ0v) is 16.4. The van der Waals surface area contributed by atoms with E-state index in [9.17, 15) is 19.5 Å². The van der Waals surface area contributed by atoms with E-state index in [1.807, 2.05) is 0 Å². The summed E-state index contributed by atoms with van der Waals surface area (Å²) in [5, 5.41) is 16.5. The summed E-state index contributed by atoms with van der Waals surface area (Å²) in [5.74, 6) is -0.715. The van der Waals surface area contributed by atoms with Crippen molar-refractivity contribution in [2.24, 2.45) is 5.92 Å². The Morgan fingerprint density at radius 3 is 2.66 bits per heavy atom. The maximum Gasteiger partial charge on any atom is 0.296 e. The third kappa shape index (κ3) is 3.48. The monoisotopic (exact) mass is 416 g/mol. The van der Waals surface area contributed by atoms with E-state index in [2.05, 4.69) is 15.6 Å². The second-order valence-corrected chi connectivity index (χ2v) is 8.08. The van der Waals surface area contributed by atoms with Crippen molar-refractivity contribution in [1.82, 2.24) is 20.2 Å². The number of aromatic hydroxyl groups is 1. The average Bonchev–Trinajstić information content (AvgIpc) is 2.96. The summed E-state index contributed by atoms with van der Waals surface area (Å²) in [6.07, 6.45) is 3.55. The molecule has 0 saturated heterocycles. The Morgan fingerprint density at radius 2 is 2.00 bits per heavy atom. The van der Waals surface area contributed by atoms with Crippen molar-refractivity contribution in [2.75, 3.05) is 0 Å². The summed E-state index contributed by atoms with van der Waals surface area (Å²) >= 11 is 5.86. The SMILES string of the molecule is O=CNC12CCC(CC1)Cn1c2nc(C(=O)NCc2ccc(Cl)cc2)c(O)c1=O. The minimum absolute atomic E-state index is 0.190. The molecule has 3 N–H and O–H groups in total. The molecule has 0 unspecified atom stereocenters. The van der Waals surface area contributed by atoms with Gasteiger partial charge >= 0.3 is 0 Å². The molecule has 0 atom stereocenters. The first-order valence-electron chi connectivity index (χ1n) is 9.52. The third-order valence-corrected chi connectivity index (χ3v) is 6.14. The van der Waals surface area contributed by atoms with Crippen LogP contribution >= 0.6 is 11.6 Å². The van der Waals surface area contributed by atoms with Gasteiger partial charge in [0.1, 0.15) is 5.82 Å². The summed E-state index contributed by atoms with van der Waals surface area (Å²) in [6.45, 7) is 0.610. The molecule has 8 nitrogen and oxygen atoms in total. The number of carbonyl (C=O) groups is 2. The standard InChI is InChI=1S/C20H21ClN4O4/c21-14-3-1-12(2-4-14)9-22-17(28)15-16(27)18(29)25-10-13-5-7-20(8-6-13,23-11-26)19(25)24-15/h1-4,11,13,27H,5-10H2,(H,22,28)(H,23,26). The minimum Gasteiger partial charge on any atom is -0.501 e. The van der Waals surface area contributed by atoms with Gasteiger partial charge in [0.25, 0.3) is 11.5 Å². The normalized spacial score (nSPS) is 22.4. The molecule has 2 bridgehead atoms. The van der Waals surface area contributed by atoms with E-state index in [0.717, 1.165) is 18.4 Å². The number of aromatic nitrogens is 2. The zero-order valence-electron chi connectivity index (χ0n) is 15.7. The number of benzene rings is 1. The van der Waals surface area contributed by atoms with Gasteiger partial charge in [-0.15, -0.1) is 0 Å². The van der Waals surface area contributed by atoms with Crippen molar-refractivity contribution in [3.63, 3.8) is 0 Å². The van der Waals surface area contributed by atoms with E-state index >= 15 is 0 Å². The van der Waals surface area contributed by atoms with Crippen LogP contribution in [0.3, 0.4) is 0 Å². The van der Waals surface area contributed by atoms with Crippen LogP contribution in [0.2, 0.25) is 5.02 Å². The van der Waals surface area contributed by atoms with Crippen molar-refractivity contribution in [3.05, 3.63) is 56.7 Å². The first-order valence-corrected chi connectivity index (χ1v) is 9.89. The summed E-state index contributed by atoms with van der Waals surface area (Å²) in [5.41, 5.74) is -0.969. The molecular weight excluding hydrogens is 396 g/mol. The molecule has 1 aromatic carbocycles. The van der Waals surface area contributed by atoms with Gasteiger partial charge in [-0.05, 0) is 49.3 Å². The number of halogens is 1. The number of hydrogen-bond donors (Lipinski definition) is 3. The first kappa shape index (κ1) is 19.4. The van der Waals surface area contributed by atoms with E-state index in [-0.39, 0.29) is 18.2 Å². The second-order valence-electron chi connectivity index (χ2n) is 7.65. The Bertz CT molecular complexity index is 1010. The maximum absolute atomic E-state index is 12.8. The van der Waals surface area contributed by atoms with Crippen LogP contribution in [0.5, 0.6) is 5.75 Å². The largest absolute Gasteiger partial charge is 0.501 e. The predicted molar refractivity (Wildman–Crippen MR) is 106 cm³/mol. The number of nitrogens with one attached hydrogen (secondary N) is 2. The molecular formula is C20H21ClN4O4. The van der Waals surface area contributed by atoms with Crippen LogP contribution < -0.4 is 16.2 Å². The lowest BCUT2D eigenvalue weighted by atomic mass is 9.77. The van der Waals surface area contributed by atoms with Crippen molar-refractivity contribution in [2.45, 2.75) is 44.3 Å². The molecule has 3 heterocycles. The summed E-state index contributed by atoms with van der Waals surface area (Å²) in [6, 6.07) is 6.95. The van der Waals surface area contributed by atoms with E-state index in [1.54, 1.807) is 24.3 Å². The van der Waals surface area contributed by atoms with E-state index in [4.69, 9.17) is 11.6 Å². The van der Waals surface area contributed by atoms with Gasteiger partial charge in [-0.2, -0.15) is 0 Å². The molecule has 1 aromatic heterocycles. The molecule has 0 radical (unpaired) electrons. The zero-order chi connectivity index (χ0) is 20.6. The fraction of sp³-hybridized carbons (Fsp3) is 0.400. The molecule has 29 heavy (non-hydrogen) atoms. The fourth-order valence-corrected chi connectivity index (χ4v) is 4.39. The number of rotatable bonds is 5. The van der Waals surface area contributed by atoms with Gasteiger partial charge in [0.2, 0.25) is 12.2 Å². The quantitative estimate of drug-likeness (QED) is 0.642. The molecule has 1 saturated carbocycles. The summed E-state index contributed by atoms with van der Waals surface area (Å²) < 4.78 is 1.41. The molecule has 2 aliphatic heterocycles. The number of carbonyl (C=O) groups excluding carboxylic acids is 2. The fourth-order valence-electron chi connectivity index (χ4n) is 4.26. The van der Waals surface area contributed by atoms with Crippen molar-refractivity contribution >= 4 is 23.9 Å². The second kappa shape index (κ2) is 7.51. The van der Waals surface area contributed by atoms with Crippen LogP contribution in [0.4, 0.5) is 0 Å². The van der Waals surface area contributed by atoms with E-state index in [0.29, 0.717) is 36.6 Å². The summed E-state index contributed by atoms with van der Waals surface area (Å²) in [4.78, 5) is 41.2. The maximum atomic E-state index is 12.8. The van der Waals surface area contributed by atoms with Gasteiger partial charge in [-0.3, -0.25) is 19.0 Å². The van der Waals surface area contributed by atoms with Crippen LogP contribution in [-0.2, 0) is 23.4 Å². The summed E-state index contributed by atoms with van der Waals surface area (Å²) in [7, 11) is 0. The van der Waals surface area contributed by atoms with Gasteiger partial charge in [-0.1, -0.05) is 23.7 Å². The van der Waals surface area contributed by atoms with Gasteiger partial charge in [-0.25, -0.2) is 4.98 Å². The molecule has 152 valence electrons. The van der Waals surface area contributed by atoms with E-state index < -0.39 is 22.8 Å². The molecule has 9 heteroatoms. The lowest BCUT2D eigenvalue weighted by Gasteiger charge is -2.35. The molecule has 5 rings (SSSR count). The van der Waals surface area contributed by atoms with Crippen molar-refractivity contribution < 1.29 is 14.7 Å². The highest BCUT2D eigenvalue weighted by molar-refractivity contribution is 6.30. The Balaban J connectivity index is 1.69. The van der Waals surface area contributed by atoms with Crippen LogP contribution in [0.25, 0.3) is 0 Å². The number of nitrogens with zero attached hydrogens (tertiary/aromatic N) is 2. The van der Waals surface area contributed by atoms with Gasteiger partial charge in [0.05, 0.1) is 5.54 Å². The molecule has 3 aliphatic rings. The highest BCUT2D eigenvalue weighted by atomic mass is 35.5. The minimum atomic E-state index is -0.799. The van der Waals surface area contributed by atoms with Gasteiger partial charge < -0.3 is 15.7 Å². The molecule has 0 spiro atoms. The van der Waals surface area contributed by atoms with Crippen LogP contribution in [0, 0.1) is 5.92 Å². The van der Waals surface area contributed by atoms with E-state index in [1.165, 1.54) is 4.57 Å². The third-order valence-electron chi connectivity index (χ3n) is 5.89. The Hall–Kier alpha value is -2.87. The Labute approximate surface area is 171 Å². The van der Waals surface area contributed by atoms with Crippen molar-refractivity contribution in [1.29, 1.82) is 0 Å². The molecule has 2 amide bonds. The number of fused-ring (bicyclic) bond motifs is 2. The number of amides is 2. The highest BCUT2D eigenvalue weighted by Gasteiger charge is 2.44. The Morgan fingerprint density at radius 1 is 1.31 bits per heavy atom. The Kier molecular flexibility index (Phi) is 5.04. The average molecular weight is 417 g/mol. The molecule has 2 aromatic rings.